The standard InChI is InChI=1S/C13H21N/c1-10-7-5-6-8-13(10)9-11(2)12(3)14-4/h5-8,11-12,14H,9H2,1-4H3. The second-order valence-corrected chi connectivity index (χ2v) is 4.19. The lowest BCUT2D eigenvalue weighted by molar-refractivity contribution is 0.423. The Kier molecular flexibility index (Phi) is 4.15. The van der Waals surface area contributed by atoms with Gasteiger partial charge in [-0.1, -0.05) is 31.2 Å². The lowest BCUT2D eigenvalue weighted by atomic mass is 9.93. The van der Waals surface area contributed by atoms with Crippen LogP contribution in [-0.4, -0.2) is 13.1 Å². The van der Waals surface area contributed by atoms with E-state index in [0.29, 0.717) is 12.0 Å². The van der Waals surface area contributed by atoms with Gasteiger partial charge in [0, 0.05) is 6.04 Å². The van der Waals surface area contributed by atoms with Crippen molar-refractivity contribution in [1.29, 1.82) is 0 Å². The van der Waals surface area contributed by atoms with E-state index >= 15 is 0 Å². The molecule has 0 saturated heterocycles. The van der Waals surface area contributed by atoms with Gasteiger partial charge >= 0.3 is 0 Å². The number of aryl methyl sites for hydroxylation is 1. The summed E-state index contributed by atoms with van der Waals surface area (Å²) in [6.45, 7) is 6.72. The minimum absolute atomic E-state index is 0.578. The summed E-state index contributed by atoms with van der Waals surface area (Å²) >= 11 is 0. The molecule has 1 aromatic carbocycles. The largest absolute Gasteiger partial charge is 0.317 e. The molecule has 0 spiro atoms. The zero-order chi connectivity index (χ0) is 10.6. The quantitative estimate of drug-likeness (QED) is 0.771. The first-order chi connectivity index (χ1) is 6.65. The summed E-state index contributed by atoms with van der Waals surface area (Å²) in [7, 11) is 2.03. The molecule has 1 nitrogen and oxygen atoms in total. The van der Waals surface area contributed by atoms with Crippen LogP contribution in [0.3, 0.4) is 0 Å². The van der Waals surface area contributed by atoms with E-state index in [1.54, 1.807) is 0 Å². The van der Waals surface area contributed by atoms with E-state index in [0.717, 1.165) is 6.42 Å². The number of benzene rings is 1. The first kappa shape index (κ1) is 11.3. The van der Waals surface area contributed by atoms with Gasteiger partial charge in [-0.3, -0.25) is 0 Å². The number of hydrogen-bond donors (Lipinski definition) is 1. The second kappa shape index (κ2) is 5.16. The van der Waals surface area contributed by atoms with Crippen molar-refractivity contribution < 1.29 is 0 Å². The van der Waals surface area contributed by atoms with Crippen LogP contribution in [0.5, 0.6) is 0 Å². The lowest BCUT2D eigenvalue weighted by Gasteiger charge is -2.20. The van der Waals surface area contributed by atoms with E-state index in [1.165, 1.54) is 11.1 Å². The first-order valence-electron chi connectivity index (χ1n) is 5.37. The maximum absolute atomic E-state index is 3.30. The van der Waals surface area contributed by atoms with Gasteiger partial charge in [0.1, 0.15) is 0 Å². The van der Waals surface area contributed by atoms with E-state index in [1.807, 2.05) is 7.05 Å². The molecule has 2 atom stereocenters. The number of nitrogens with one attached hydrogen (secondary N) is 1. The van der Waals surface area contributed by atoms with Crippen LogP contribution < -0.4 is 5.32 Å². The van der Waals surface area contributed by atoms with Crippen molar-refractivity contribution in [3.05, 3.63) is 35.4 Å². The fraction of sp³-hybridized carbons (Fsp3) is 0.538. The molecule has 0 fully saturated rings. The van der Waals surface area contributed by atoms with Gasteiger partial charge in [0.2, 0.25) is 0 Å². The molecule has 0 amide bonds. The zero-order valence-corrected chi connectivity index (χ0v) is 9.67. The third-order valence-electron chi connectivity index (χ3n) is 3.11. The van der Waals surface area contributed by atoms with Crippen molar-refractivity contribution >= 4 is 0 Å². The molecule has 1 aromatic rings. The van der Waals surface area contributed by atoms with Crippen LogP contribution in [0.1, 0.15) is 25.0 Å². The van der Waals surface area contributed by atoms with Crippen molar-refractivity contribution in [3.63, 3.8) is 0 Å². The highest BCUT2D eigenvalue weighted by Crippen LogP contribution is 2.15. The minimum Gasteiger partial charge on any atom is -0.317 e. The number of hydrogen-bond acceptors (Lipinski definition) is 1. The van der Waals surface area contributed by atoms with E-state index in [2.05, 4.69) is 50.4 Å². The SMILES string of the molecule is CNC(C)C(C)Cc1ccccc1C. The molecule has 0 aliphatic rings. The Bertz CT molecular complexity index is 280. The van der Waals surface area contributed by atoms with Gasteiger partial charge in [-0.15, -0.1) is 0 Å². The maximum atomic E-state index is 3.30. The van der Waals surface area contributed by atoms with Crippen molar-refractivity contribution in [3.8, 4) is 0 Å². The number of rotatable bonds is 4. The summed E-state index contributed by atoms with van der Waals surface area (Å²) < 4.78 is 0. The van der Waals surface area contributed by atoms with Crippen LogP contribution in [0.4, 0.5) is 0 Å². The van der Waals surface area contributed by atoms with Gasteiger partial charge in [-0.2, -0.15) is 0 Å². The fourth-order valence-corrected chi connectivity index (χ4v) is 1.65. The molecule has 0 heterocycles. The molecule has 0 bridgehead atoms. The normalized spacial score (nSPS) is 15.1. The summed E-state index contributed by atoms with van der Waals surface area (Å²) in [6, 6.07) is 9.22. The Labute approximate surface area is 87.5 Å². The molecule has 2 unspecified atom stereocenters. The highest BCUT2D eigenvalue weighted by atomic mass is 14.9. The molecule has 0 aliphatic carbocycles. The van der Waals surface area contributed by atoms with Crippen LogP contribution in [0.2, 0.25) is 0 Å². The molecule has 1 N–H and O–H groups in total. The van der Waals surface area contributed by atoms with Gasteiger partial charge in [0.25, 0.3) is 0 Å². The molecule has 0 radical (unpaired) electrons. The van der Waals surface area contributed by atoms with Gasteiger partial charge in [-0.25, -0.2) is 0 Å². The molecular formula is C13H21N. The van der Waals surface area contributed by atoms with E-state index in [4.69, 9.17) is 0 Å². The van der Waals surface area contributed by atoms with Crippen LogP contribution in [0, 0.1) is 12.8 Å². The molecule has 0 aromatic heterocycles. The summed E-state index contributed by atoms with van der Waals surface area (Å²) in [6.07, 6.45) is 1.16. The Morgan fingerprint density at radius 3 is 2.43 bits per heavy atom. The maximum Gasteiger partial charge on any atom is 0.00645 e. The lowest BCUT2D eigenvalue weighted by Crippen LogP contribution is -2.29. The Morgan fingerprint density at radius 2 is 1.86 bits per heavy atom. The van der Waals surface area contributed by atoms with E-state index in [-0.39, 0.29) is 0 Å². The van der Waals surface area contributed by atoms with Crippen molar-refractivity contribution in [2.24, 2.45) is 5.92 Å². The average molecular weight is 191 g/mol. The molecule has 78 valence electrons. The average Bonchev–Trinajstić information content (AvgIpc) is 2.20. The summed E-state index contributed by atoms with van der Waals surface area (Å²) in [5.41, 5.74) is 2.88. The van der Waals surface area contributed by atoms with Gasteiger partial charge < -0.3 is 5.32 Å². The summed E-state index contributed by atoms with van der Waals surface area (Å²) in [5, 5.41) is 3.30. The van der Waals surface area contributed by atoms with Crippen LogP contribution >= 0.6 is 0 Å². The van der Waals surface area contributed by atoms with Crippen LogP contribution in [-0.2, 0) is 6.42 Å². The van der Waals surface area contributed by atoms with E-state index in [9.17, 15) is 0 Å². The zero-order valence-electron chi connectivity index (χ0n) is 9.67. The summed E-state index contributed by atoms with van der Waals surface area (Å²) in [5.74, 6) is 0.682. The molecule has 1 rings (SSSR count). The molecule has 0 saturated carbocycles. The first-order valence-corrected chi connectivity index (χ1v) is 5.37. The molecule has 0 aliphatic heterocycles. The van der Waals surface area contributed by atoms with Gasteiger partial charge in [0.15, 0.2) is 0 Å². The van der Waals surface area contributed by atoms with Gasteiger partial charge in [0.05, 0.1) is 0 Å². The Hall–Kier alpha value is -0.820. The summed E-state index contributed by atoms with van der Waals surface area (Å²) in [4.78, 5) is 0. The van der Waals surface area contributed by atoms with Crippen LogP contribution in [0.15, 0.2) is 24.3 Å². The smallest absolute Gasteiger partial charge is 0.00645 e. The van der Waals surface area contributed by atoms with Crippen molar-refractivity contribution in [2.75, 3.05) is 7.05 Å². The van der Waals surface area contributed by atoms with Crippen molar-refractivity contribution in [1.82, 2.24) is 5.32 Å². The third-order valence-corrected chi connectivity index (χ3v) is 3.11. The van der Waals surface area contributed by atoms with Crippen molar-refractivity contribution in [2.45, 2.75) is 33.2 Å². The third kappa shape index (κ3) is 2.85. The second-order valence-electron chi connectivity index (χ2n) is 4.19. The highest BCUT2D eigenvalue weighted by Gasteiger charge is 2.11. The predicted molar refractivity (Wildman–Crippen MR) is 62.6 cm³/mol. The molecule has 1 heteroatoms. The Balaban J connectivity index is 2.64. The molecule has 14 heavy (non-hydrogen) atoms. The molecular weight excluding hydrogens is 170 g/mol. The van der Waals surface area contributed by atoms with Gasteiger partial charge in [-0.05, 0) is 44.4 Å². The minimum atomic E-state index is 0.578. The van der Waals surface area contributed by atoms with E-state index < -0.39 is 0 Å². The predicted octanol–water partition coefficient (Wildman–Crippen LogP) is 2.78. The monoisotopic (exact) mass is 191 g/mol. The van der Waals surface area contributed by atoms with Crippen LogP contribution in [0.25, 0.3) is 0 Å². The highest BCUT2D eigenvalue weighted by molar-refractivity contribution is 5.25. The fourth-order valence-electron chi connectivity index (χ4n) is 1.65. The Morgan fingerprint density at radius 1 is 1.21 bits per heavy atom. The topological polar surface area (TPSA) is 12.0 Å².